The zero-order chi connectivity index (χ0) is 108. The molecule has 10 saturated carbocycles. The standard InChI is InChI=1S/C31H50O4.C30H50O7.2C30H48O6/c1-26(2,3)23-12-15-31(9,35-23)25-21(33)17-30(8)19-16-20(32)24-27(4,5)22(34)11-13-28(24,6)18(19)10-14-29(25,30)7;1-25(2,34)22-10-12-30(8,37-22)24-21(33)16-29(7)19-15-20(32)23(26(3,4)35)27(5,13-14-36-17-31)18(19)9-11-28(24,29)6;1-25(2)20(33)9-11-27(5)16-14-21(34)30(8)24(29(7)12-10-22(36-29)26(3,4)35)19(32)15-28(30,6)17(16)13-18(31)23(25)27;1-18(2)24-21(32)15-20-19(27(24,5)13-14-35-17-31)9-11-28(6)25(22(33)16-29(20,28)7)30(8)12-10-23(36-30)26(3,4)34/h10,19-21,23-25,32-33H,11-17H2,1-9H3;9,17,19-24,32-35H,10-16H2,1-8H3;14,17-20,22-24,31-33,35H,9-13,15H2,1-8H3;9,17,20-25,32-34H,1,10-16H2,2-8H3/t19?,20-,21-,23-,24?,25-,28+,29+,30-,31+;19?,20-,21-,22-,23-,24-,27+,28+,29-,30+;17?,18-,19-,20-,22-,23?,24+,27+,28-,29+,30+;20?,21-,22-,23-,24+,25-,27+,28+,29-,30+/m0000/s1. The van der Waals surface area contributed by atoms with Crippen LogP contribution in [0.1, 0.15) is 382 Å². The Morgan fingerprint density at radius 1 is 0.389 bits per heavy atom. The molecule has 0 radical (unpaired) electrons. The lowest BCUT2D eigenvalue weighted by atomic mass is 9.40. The number of fused-ring (bicyclic) bond motifs is 16. The van der Waals surface area contributed by atoms with Crippen LogP contribution < -0.4 is 0 Å². The van der Waals surface area contributed by atoms with Crippen molar-refractivity contribution in [3.05, 3.63) is 58.7 Å². The third kappa shape index (κ3) is 17.1. The van der Waals surface area contributed by atoms with E-state index in [1.807, 2.05) is 40.7 Å². The van der Waals surface area contributed by atoms with Gasteiger partial charge in [-0.15, -0.1) is 0 Å². The van der Waals surface area contributed by atoms with Crippen molar-refractivity contribution in [1.29, 1.82) is 0 Å². The quantitative estimate of drug-likeness (QED) is 0.0365. The Labute approximate surface area is 864 Å². The second-order valence-electron chi connectivity index (χ2n) is 59.3. The van der Waals surface area contributed by atoms with Gasteiger partial charge in [0.25, 0.3) is 12.9 Å². The average molecular weight is 2020 g/mol. The van der Waals surface area contributed by atoms with Crippen molar-refractivity contribution in [3.8, 4) is 0 Å². The maximum absolute atomic E-state index is 14.3. The molecule has 14 aliphatic carbocycles. The van der Waals surface area contributed by atoms with Crippen LogP contribution in [0.2, 0.25) is 0 Å². The lowest BCUT2D eigenvalue weighted by Gasteiger charge is -2.64. The smallest absolute Gasteiger partial charge is 0.293 e. The minimum absolute atomic E-state index is 0.0100. The molecule has 6 unspecified atom stereocenters. The summed E-state index contributed by atoms with van der Waals surface area (Å²) in [5.74, 6) is -0.614. The van der Waals surface area contributed by atoms with Crippen LogP contribution in [0.25, 0.3) is 0 Å². The van der Waals surface area contributed by atoms with Crippen LogP contribution in [0, 0.1) is 152 Å². The molecular weight excluding hydrogens is 1820 g/mol. The number of Topliss-reactive ketones (excluding diaryl/α,β-unsaturated/α-hetero) is 1. The third-order valence-electron chi connectivity index (χ3n) is 47.4. The SMILES string of the molecule is C=C(C)[C@@H]1[C@@H](O)CC2C(=CC[C@]3(C)[C@@H]([C@@]4(C)CC[C@@H](C(C)(C)O)O4)[C@@H](O)C[C@@]23C)[C@@]1(C)CCOC=O.CC(C)(O)[C@@H]1CC[C@](C)([C@H]2[C@@H](O)C[C@@]3(C)C4C[C@H](O)C5C(C)(C)[C@@H](O)CC[C@]5(C)C4=CC(=O)[C@]23C)O1.CC(C)(O)[C@@H]1CC[C@](C)([C@H]2[C@@H](O)C[C@@]3(C)C4C[C@H](O)[C@@H](C(C)(C)O)[C@](C)(CCOC=O)C4=CC[C@]23C)O1.CC1(C)C(=O)CC[C@]2(C)C3=CC[C@]4(C)[C@@H]([C@@]5(C)CC[C@@H](C(C)(C)C)O5)[C@@H](O)C[C@@]4(C)C3C[C@H](O)C12. The van der Waals surface area contributed by atoms with Crippen molar-refractivity contribution in [1.82, 2.24) is 0 Å². The Morgan fingerprint density at radius 3 is 1.12 bits per heavy atom. The summed E-state index contributed by atoms with van der Waals surface area (Å²) in [7, 11) is 0. The van der Waals surface area contributed by atoms with E-state index in [9.17, 15) is 85.6 Å². The second-order valence-corrected chi connectivity index (χ2v) is 59.3. The first kappa shape index (κ1) is 114. The zero-order valence-electron chi connectivity index (χ0n) is 94.6. The number of carbonyl (C=O) groups is 4. The minimum atomic E-state index is -1.13. The van der Waals surface area contributed by atoms with Crippen molar-refractivity contribution < 1.29 is 114 Å². The summed E-state index contributed by atoms with van der Waals surface area (Å²) in [4.78, 5) is 49.1. The molecule has 0 aromatic carbocycles. The largest absolute Gasteiger partial charge is 0.468 e. The van der Waals surface area contributed by atoms with Gasteiger partial charge in [0.1, 0.15) is 5.78 Å². The molecule has 4 heterocycles. The third-order valence-corrected chi connectivity index (χ3v) is 47.4. The lowest BCUT2D eigenvalue weighted by Crippen LogP contribution is -2.64. The molecule has 23 heteroatoms. The van der Waals surface area contributed by atoms with Crippen LogP contribution >= 0.6 is 0 Å². The molecule has 818 valence electrons. The van der Waals surface area contributed by atoms with Gasteiger partial charge >= 0.3 is 0 Å². The number of carbonyl (C=O) groups excluding carboxylic acids is 4. The highest BCUT2D eigenvalue weighted by atomic mass is 16.6. The molecule has 0 aromatic heterocycles. The molecule has 14 fully saturated rings. The molecule has 0 amide bonds. The summed E-state index contributed by atoms with van der Waals surface area (Å²) in [5.41, 5.74) is -5.18. The minimum Gasteiger partial charge on any atom is -0.468 e. The predicted octanol–water partition coefficient (Wildman–Crippen LogP) is 18.2. The van der Waals surface area contributed by atoms with Crippen molar-refractivity contribution in [2.45, 2.75) is 506 Å². The fourth-order valence-corrected chi connectivity index (χ4v) is 40.1. The number of hydrogen-bond acceptors (Lipinski definition) is 23. The second kappa shape index (κ2) is 36.7. The van der Waals surface area contributed by atoms with Gasteiger partial charge in [0.2, 0.25) is 0 Å². The topological polar surface area (TPSA) is 387 Å². The van der Waals surface area contributed by atoms with Crippen LogP contribution in [-0.2, 0) is 47.6 Å². The van der Waals surface area contributed by atoms with Crippen LogP contribution in [-0.4, -0.2) is 228 Å². The van der Waals surface area contributed by atoms with Gasteiger partial charge in [0.15, 0.2) is 5.78 Å². The lowest BCUT2D eigenvalue weighted by molar-refractivity contribution is -0.186. The van der Waals surface area contributed by atoms with Crippen molar-refractivity contribution >= 4 is 24.5 Å². The number of aliphatic hydroxyl groups excluding tert-OH is 9. The fraction of sp³-hybridized carbons (Fsp3) is 0.884. The number of ketones is 2. The van der Waals surface area contributed by atoms with E-state index in [0.29, 0.717) is 109 Å². The molecule has 0 aromatic rings. The average Bonchev–Trinajstić information content (AvgIpc) is 1.65. The van der Waals surface area contributed by atoms with Gasteiger partial charge in [-0.2, -0.15) is 0 Å². The molecule has 0 spiro atoms. The van der Waals surface area contributed by atoms with E-state index in [1.54, 1.807) is 55.4 Å². The van der Waals surface area contributed by atoms with E-state index in [1.165, 1.54) is 16.7 Å². The van der Waals surface area contributed by atoms with E-state index >= 15 is 0 Å². The van der Waals surface area contributed by atoms with Crippen molar-refractivity contribution in [2.75, 3.05) is 13.2 Å². The summed E-state index contributed by atoms with van der Waals surface area (Å²) in [6, 6.07) is 0. The van der Waals surface area contributed by atoms with Crippen LogP contribution in [0.15, 0.2) is 58.7 Å². The van der Waals surface area contributed by atoms with Gasteiger partial charge in [-0.25, -0.2) is 0 Å². The van der Waals surface area contributed by atoms with Gasteiger partial charge in [-0.05, 0) is 339 Å². The first-order chi connectivity index (χ1) is 65.7. The highest BCUT2D eigenvalue weighted by Crippen LogP contribution is 2.80. The summed E-state index contributed by atoms with van der Waals surface area (Å²) in [6.07, 6.45) is 21.0. The molecule has 4 saturated heterocycles. The molecule has 13 N–H and O–H groups in total. The summed E-state index contributed by atoms with van der Waals surface area (Å²) >= 11 is 0. The summed E-state index contributed by atoms with van der Waals surface area (Å²) < 4.78 is 36.8. The van der Waals surface area contributed by atoms with E-state index in [4.69, 9.17) is 28.4 Å². The normalized spacial score (nSPS) is 51.2. The molecular formula is C121H196O23. The van der Waals surface area contributed by atoms with Gasteiger partial charge < -0.3 is 94.8 Å². The summed E-state index contributed by atoms with van der Waals surface area (Å²) in [5, 5.41) is 147. The Kier molecular flexibility index (Phi) is 29.2. The molecule has 144 heavy (non-hydrogen) atoms. The molecule has 41 atom stereocenters. The molecule has 0 bridgehead atoms. The van der Waals surface area contributed by atoms with E-state index < -0.39 is 133 Å². The van der Waals surface area contributed by atoms with E-state index in [2.05, 4.69) is 156 Å². The highest BCUT2D eigenvalue weighted by Gasteiger charge is 2.79. The van der Waals surface area contributed by atoms with Crippen LogP contribution in [0.5, 0.6) is 0 Å². The van der Waals surface area contributed by atoms with Crippen LogP contribution in [0.3, 0.4) is 0 Å². The number of allylic oxidation sites excluding steroid dienone is 8. The van der Waals surface area contributed by atoms with Gasteiger partial charge in [0, 0.05) is 70.0 Å². The Bertz CT molecular complexity index is 4970. The molecule has 18 aliphatic rings. The summed E-state index contributed by atoms with van der Waals surface area (Å²) in [6.45, 7) is 72.2. The zero-order valence-corrected chi connectivity index (χ0v) is 94.6. The van der Waals surface area contributed by atoms with Gasteiger partial charge in [-0.1, -0.05) is 184 Å². The van der Waals surface area contributed by atoms with Gasteiger partial charge in [-0.3, -0.25) is 19.2 Å². The molecule has 23 nitrogen and oxygen atoms in total. The maximum Gasteiger partial charge on any atom is 0.293 e. The maximum atomic E-state index is 14.3. The molecule has 4 aliphatic heterocycles. The number of hydrogen-bond donors (Lipinski definition) is 13. The van der Waals surface area contributed by atoms with Crippen molar-refractivity contribution in [3.63, 3.8) is 0 Å². The Hall–Kier alpha value is -3.70. The molecule has 18 rings (SSSR count). The monoisotopic (exact) mass is 2020 g/mol. The number of ether oxygens (including phenoxy) is 6. The van der Waals surface area contributed by atoms with Gasteiger partial charge in [0.05, 0.1) is 137 Å². The Balaban J connectivity index is 0.000000144. The van der Waals surface area contributed by atoms with Crippen molar-refractivity contribution in [2.24, 2.45) is 152 Å². The predicted molar refractivity (Wildman–Crippen MR) is 555 cm³/mol. The Morgan fingerprint density at radius 2 is 0.729 bits per heavy atom. The van der Waals surface area contributed by atoms with Crippen LogP contribution in [0.4, 0.5) is 0 Å². The number of aliphatic hydroxyl groups is 13. The highest BCUT2D eigenvalue weighted by molar-refractivity contribution is 5.98. The first-order valence-corrected chi connectivity index (χ1v) is 56.1. The fourth-order valence-electron chi connectivity index (χ4n) is 40.1. The van der Waals surface area contributed by atoms with E-state index in [-0.39, 0.29) is 156 Å². The first-order valence-electron chi connectivity index (χ1n) is 56.1. The number of rotatable bonds is 17. The van der Waals surface area contributed by atoms with E-state index in [0.717, 1.165) is 88.2 Å².